The lowest BCUT2D eigenvalue weighted by molar-refractivity contribution is -0.128. The summed E-state index contributed by atoms with van der Waals surface area (Å²) in [6.07, 6.45) is 2.48. The predicted molar refractivity (Wildman–Crippen MR) is 113 cm³/mol. The molecule has 0 saturated carbocycles. The van der Waals surface area contributed by atoms with E-state index >= 15 is 0 Å². The fraction of sp³-hybridized carbons (Fsp3) is 0.348. The Morgan fingerprint density at radius 2 is 1.87 bits per heavy atom. The number of carbonyl (C=O) groups excluding carboxylic acids is 3. The molecule has 0 radical (unpaired) electrons. The zero-order valence-electron chi connectivity index (χ0n) is 17.2. The van der Waals surface area contributed by atoms with Crippen LogP contribution in [0.15, 0.2) is 48.5 Å². The molecule has 0 aromatic heterocycles. The van der Waals surface area contributed by atoms with Crippen molar-refractivity contribution >= 4 is 29.1 Å². The average Bonchev–Trinajstić information content (AvgIpc) is 3.12. The second kappa shape index (κ2) is 7.82. The number of amides is 3. The van der Waals surface area contributed by atoms with Gasteiger partial charge < -0.3 is 15.0 Å². The number of hydrogen-bond donors (Lipinski definition) is 1. The Morgan fingerprint density at radius 3 is 2.60 bits per heavy atom. The van der Waals surface area contributed by atoms with Crippen molar-refractivity contribution in [1.82, 2.24) is 4.90 Å². The van der Waals surface area contributed by atoms with Gasteiger partial charge in [0.15, 0.2) is 0 Å². The molecule has 2 aliphatic heterocycles. The fourth-order valence-corrected chi connectivity index (χ4v) is 4.13. The van der Waals surface area contributed by atoms with Gasteiger partial charge in [0.05, 0.1) is 17.9 Å². The minimum Gasteiger partial charge on any atom is -0.494 e. The van der Waals surface area contributed by atoms with Crippen LogP contribution in [0.3, 0.4) is 0 Å². The average molecular weight is 407 g/mol. The van der Waals surface area contributed by atoms with E-state index in [1.807, 2.05) is 0 Å². The second-order valence-electron chi connectivity index (χ2n) is 7.61. The van der Waals surface area contributed by atoms with Crippen LogP contribution in [0.4, 0.5) is 11.4 Å². The minimum absolute atomic E-state index is 0.170. The number of carbonyl (C=O) groups is 3. The lowest BCUT2D eigenvalue weighted by atomic mass is 9.96. The summed E-state index contributed by atoms with van der Waals surface area (Å²) >= 11 is 0. The van der Waals surface area contributed by atoms with Crippen molar-refractivity contribution in [3.05, 3.63) is 54.1 Å². The van der Waals surface area contributed by atoms with Crippen molar-refractivity contribution in [2.75, 3.05) is 23.9 Å². The highest BCUT2D eigenvalue weighted by Crippen LogP contribution is 2.44. The van der Waals surface area contributed by atoms with Crippen LogP contribution in [0, 0.1) is 0 Å². The number of anilines is 2. The summed E-state index contributed by atoms with van der Waals surface area (Å²) in [7, 11) is 1.58. The van der Waals surface area contributed by atoms with Crippen molar-refractivity contribution in [2.45, 2.75) is 38.3 Å². The quantitative estimate of drug-likeness (QED) is 0.745. The second-order valence-corrected chi connectivity index (χ2v) is 7.61. The van der Waals surface area contributed by atoms with Crippen LogP contribution < -0.4 is 15.0 Å². The number of rotatable bonds is 6. The molecule has 0 aliphatic carbocycles. The lowest BCUT2D eigenvalue weighted by Gasteiger charge is -2.47. The van der Waals surface area contributed by atoms with Crippen molar-refractivity contribution in [3.8, 4) is 5.75 Å². The van der Waals surface area contributed by atoms with E-state index in [0.29, 0.717) is 23.5 Å². The zero-order valence-corrected chi connectivity index (χ0v) is 17.2. The molecule has 156 valence electrons. The molecule has 3 amide bonds. The maximum atomic E-state index is 13.4. The highest BCUT2D eigenvalue weighted by atomic mass is 16.5. The van der Waals surface area contributed by atoms with Gasteiger partial charge >= 0.3 is 0 Å². The zero-order chi connectivity index (χ0) is 21.3. The first-order chi connectivity index (χ1) is 14.5. The molecule has 30 heavy (non-hydrogen) atoms. The van der Waals surface area contributed by atoms with E-state index in [1.165, 1.54) is 9.80 Å². The fourth-order valence-electron chi connectivity index (χ4n) is 4.13. The molecule has 0 bridgehead atoms. The van der Waals surface area contributed by atoms with Gasteiger partial charge in [0.1, 0.15) is 5.75 Å². The Balaban J connectivity index is 1.61. The predicted octanol–water partition coefficient (Wildman–Crippen LogP) is 3.41. The normalized spacial score (nSPS) is 20.1. The van der Waals surface area contributed by atoms with Crippen molar-refractivity contribution in [2.24, 2.45) is 0 Å². The summed E-state index contributed by atoms with van der Waals surface area (Å²) in [5, 5.41) is 2.89. The van der Waals surface area contributed by atoms with Gasteiger partial charge in [-0.15, -0.1) is 0 Å². The highest BCUT2D eigenvalue weighted by molar-refractivity contribution is 6.18. The van der Waals surface area contributed by atoms with Crippen molar-refractivity contribution in [3.63, 3.8) is 0 Å². The number of unbranched alkanes of at least 4 members (excludes halogenated alkanes) is 1. The van der Waals surface area contributed by atoms with E-state index in [9.17, 15) is 14.4 Å². The monoisotopic (exact) mass is 407 g/mol. The SMILES string of the molecule is CCCCOc1ccc(NC(=O)[C@]23CCC(=O)N2c2ccccc2C(=O)N3C)cc1. The summed E-state index contributed by atoms with van der Waals surface area (Å²) in [6, 6.07) is 14.0. The number of ether oxygens (including phenoxy) is 1. The van der Waals surface area contributed by atoms with Crippen LogP contribution in [-0.4, -0.2) is 41.9 Å². The van der Waals surface area contributed by atoms with Gasteiger partial charge in [0.25, 0.3) is 11.8 Å². The van der Waals surface area contributed by atoms with Crippen LogP contribution >= 0.6 is 0 Å². The molecule has 7 nitrogen and oxygen atoms in total. The third-order valence-corrected chi connectivity index (χ3v) is 5.78. The molecule has 1 saturated heterocycles. The Bertz CT molecular complexity index is 988. The lowest BCUT2D eigenvalue weighted by Crippen LogP contribution is -2.68. The first-order valence-corrected chi connectivity index (χ1v) is 10.2. The van der Waals surface area contributed by atoms with E-state index in [1.54, 1.807) is 55.6 Å². The van der Waals surface area contributed by atoms with E-state index in [0.717, 1.165) is 18.6 Å². The van der Waals surface area contributed by atoms with Crippen LogP contribution in [0.25, 0.3) is 0 Å². The number of nitrogens with zero attached hydrogens (tertiary/aromatic N) is 2. The largest absolute Gasteiger partial charge is 0.494 e. The van der Waals surface area contributed by atoms with Crippen LogP contribution in [0.2, 0.25) is 0 Å². The van der Waals surface area contributed by atoms with E-state index in [2.05, 4.69) is 12.2 Å². The molecule has 1 atom stereocenters. The van der Waals surface area contributed by atoms with Crippen molar-refractivity contribution in [1.29, 1.82) is 0 Å². The molecular formula is C23H25N3O4. The number of nitrogens with one attached hydrogen (secondary N) is 1. The third-order valence-electron chi connectivity index (χ3n) is 5.78. The van der Waals surface area contributed by atoms with Gasteiger partial charge in [0.2, 0.25) is 11.6 Å². The van der Waals surface area contributed by atoms with Gasteiger partial charge in [-0.1, -0.05) is 25.5 Å². The Morgan fingerprint density at radius 1 is 1.13 bits per heavy atom. The van der Waals surface area contributed by atoms with Gasteiger partial charge in [0, 0.05) is 25.6 Å². The molecule has 2 aromatic rings. The molecule has 2 aliphatic rings. The van der Waals surface area contributed by atoms with Crippen LogP contribution in [-0.2, 0) is 9.59 Å². The highest BCUT2D eigenvalue weighted by Gasteiger charge is 2.59. The maximum Gasteiger partial charge on any atom is 0.271 e. The Kier molecular flexibility index (Phi) is 5.20. The maximum absolute atomic E-state index is 13.4. The third kappa shape index (κ3) is 3.10. The molecule has 1 fully saturated rings. The summed E-state index contributed by atoms with van der Waals surface area (Å²) in [5.41, 5.74) is 0.111. The van der Waals surface area contributed by atoms with E-state index < -0.39 is 11.6 Å². The van der Waals surface area contributed by atoms with Gasteiger partial charge in [-0.05, 0) is 42.8 Å². The number of benzene rings is 2. The topological polar surface area (TPSA) is 79.0 Å². The standard InChI is InChI=1S/C23H25N3O4/c1-3-4-15-30-17-11-9-16(10-12-17)24-22(29)23-14-13-20(27)26(23)19-8-6-5-7-18(19)21(28)25(23)2/h5-12H,3-4,13-15H2,1-2H3,(H,24,29)/t23-/m0/s1. The molecule has 2 heterocycles. The molecular weight excluding hydrogens is 382 g/mol. The summed E-state index contributed by atoms with van der Waals surface area (Å²) in [6.45, 7) is 2.75. The van der Waals surface area contributed by atoms with Gasteiger partial charge in [-0.3, -0.25) is 19.3 Å². The summed E-state index contributed by atoms with van der Waals surface area (Å²) in [4.78, 5) is 42.0. The Labute approximate surface area is 175 Å². The molecule has 4 rings (SSSR count). The van der Waals surface area contributed by atoms with Crippen molar-refractivity contribution < 1.29 is 19.1 Å². The number of hydrogen-bond acceptors (Lipinski definition) is 4. The first kappa shape index (κ1) is 19.9. The smallest absolute Gasteiger partial charge is 0.271 e. The molecule has 2 aromatic carbocycles. The number of para-hydroxylation sites is 1. The first-order valence-electron chi connectivity index (χ1n) is 10.2. The number of likely N-dealkylation sites (N-methyl/N-ethyl adjacent to an activating group) is 1. The van der Waals surface area contributed by atoms with Crippen LogP contribution in [0.1, 0.15) is 43.0 Å². The summed E-state index contributed by atoms with van der Waals surface area (Å²) in [5.74, 6) is -0.113. The van der Waals surface area contributed by atoms with Gasteiger partial charge in [-0.2, -0.15) is 0 Å². The molecule has 0 spiro atoms. The van der Waals surface area contributed by atoms with E-state index in [4.69, 9.17) is 4.74 Å². The minimum atomic E-state index is -1.38. The Hall–Kier alpha value is -3.35. The molecule has 1 N–H and O–H groups in total. The number of fused-ring (bicyclic) bond motifs is 3. The van der Waals surface area contributed by atoms with Crippen LogP contribution in [0.5, 0.6) is 5.75 Å². The molecule has 0 unspecified atom stereocenters. The van der Waals surface area contributed by atoms with Gasteiger partial charge in [-0.25, -0.2) is 0 Å². The summed E-state index contributed by atoms with van der Waals surface area (Å²) < 4.78 is 5.66. The van der Waals surface area contributed by atoms with E-state index in [-0.39, 0.29) is 24.7 Å². The molecule has 7 heteroatoms.